The number of nitrogens with one attached hydrogen (secondary N) is 2. The van der Waals surface area contributed by atoms with Gasteiger partial charge in [-0.2, -0.15) is 0 Å². The largest absolute Gasteiger partial charge is 0.398 e. The first-order valence-corrected chi connectivity index (χ1v) is 10.5. The van der Waals surface area contributed by atoms with Gasteiger partial charge in [0.2, 0.25) is 0 Å². The van der Waals surface area contributed by atoms with Crippen LogP contribution in [0, 0.1) is 5.92 Å². The Hall–Kier alpha value is -4.27. The van der Waals surface area contributed by atoms with E-state index in [9.17, 15) is 4.79 Å². The Kier molecular flexibility index (Phi) is 4.14. The Labute approximate surface area is 182 Å². The summed E-state index contributed by atoms with van der Waals surface area (Å²) in [5, 5.41) is 3.95. The molecule has 2 aromatic carbocycles. The molecule has 0 aliphatic heterocycles. The van der Waals surface area contributed by atoms with Gasteiger partial charge in [0.05, 0.1) is 29.0 Å². The van der Waals surface area contributed by atoms with E-state index in [0.29, 0.717) is 39.8 Å². The molecule has 9 nitrogen and oxygen atoms in total. The maximum absolute atomic E-state index is 13.7. The molecular formula is C23H20N8O. The molecule has 0 bridgehead atoms. The lowest BCUT2D eigenvalue weighted by Gasteiger charge is -2.23. The predicted molar refractivity (Wildman–Crippen MR) is 123 cm³/mol. The minimum absolute atomic E-state index is 0.184. The van der Waals surface area contributed by atoms with Crippen LogP contribution in [0.5, 0.6) is 0 Å². The van der Waals surface area contributed by atoms with Crippen LogP contribution in [-0.2, 0) is 0 Å². The molecule has 1 fully saturated rings. The van der Waals surface area contributed by atoms with Crippen LogP contribution in [0.15, 0.2) is 66.0 Å². The topological polar surface area (TPSA) is 127 Å². The second-order valence-corrected chi connectivity index (χ2v) is 7.97. The number of benzene rings is 2. The number of nitrogens with two attached hydrogens (primary N) is 1. The number of aromatic amines is 1. The summed E-state index contributed by atoms with van der Waals surface area (Å²) in [7, 11) is 0. The molecule has 1 aliphatic rings. The van der Waals surface area contributed by atoms with E-state index in [1.807, 2.05) is 42.5 Å². The summed E-state index contributed by atoms with van der Waals surface area (Å²) in [5.74, 6) is 1.59. The molecule has 0 unspecified atom stereocenters. The maximum atomic E-state index is 13.7. The fourth-order valence-electron chi connectivity index (χ4n) is 4.15. The van der Waals surface area contributed by atoms with Gasteiger partial charge in [0.15, 0.2) is 11.5 Å². The summed E-state index contributed by atoms with van der Waals surface area (Å²) < 4.78 is 1.67. The molecular weight excluding hydrogens is 404 g/mol. The number of H-pyrrole nitrogens is 1. The number of nitrogen functional groups attached to an aromatic ring is 1. The Morgan fingerprint density at radius 1 is 1.06 bits per heavy atom. The number of rotatable bonds is 5. The lowest BCUT2D eigenvalue weighted by Crippen LogP contribution is -2.29. The minimum Gasteiger partial charge on any atom is -0.398 e. The molecule has 6 rings (SSSR count). The first-order valence-electron chi connectivity index (χ1n) is 10.5. The predicted octanol–water partition coefficient (Wildman–Crippen LogP) is 3.20. The summed E-state index contributed by atoms with van der Waals surface area (Å²) in [6.45, 7) is 0. The molecule has 3 heterocycles. The van der Waals surface area contributed by atoms with Crippen molar-refractivity contribution in [2.75, 3.05) is 11.1 Å². The van der Waals surface area contributed by atoms with Crippen LogP contribution in [0.25, 0.3) is 27.8 Å². The quantitative estimate of drug-likeness (QED) is 0.370. The molecule has 158 valence electrons. The molecule has 4 N–H and O–H groups in total. The number of anilines is 2. The summed E-state index contributed by atoms with van der Waals surface area (Å²) in [4.78, 5) is 34.6. The van der Waals surface area contributed by atoms with Gasteiger partial charge in [-0.15, -0.1) is 0 Å². The number of imidazole rings is 1. The third-order valence-electron chi connectivity index (χ3n) is 5.86. The van der Waals surface area contributed by atoms with Crippen molar-refractivity contribution in [2.45, 2.75) is 18.9 Å². The van der Waals surface area contributed by atoms with Crippen molar-refractivity contribution in [2.24, 2.45) is 5.92 Å². The van der Waals surface area contributed by atoms with E-state index in [0.717, 1.165) is 24.0 Å². The zero-order valence-electron chi connectivity index (χ0n) is 17.1. The first kappa shape index (κ1) is 18.5. The minimum atomic E-state index is -0.227. The van der Waals surface area contributed by atoms with Crippen molar-refractivity contribution < 1.29 is 0 Å². The number of para-hydroxylation sites is 1. The highest BCUT2D eigenvalue weighted by molar-refractivity contribution is 5.89. The fourth-order valence-corrected chi connectivity index (χ4v) is 4.15. The first-order chi connectivity index (χ1) is 15.7. The van der Waals surface area contributed by atoms with Crippen LogP contribution in [0.1, 0.15) is 24.7 Å². The van der Waals surface area contributed by atoms with Crippen LogP contribution in [0.2, 0.25) is 0 Å². The number of nitrogens with zero attached hydrogens (tertiary/aromatic N) is 5. The van der Waals surface area contributed by atoms with Gasteiger partial charge in [-0.3, -0.25) is 9.36 Å². The molecule has 1 saturated carbocycles. The van der Waals surface area contributed by atoms with E-state index in [-0.39, 0.29) is 11.6 Å². The van der Waals surface area contributed by atoms with Crippen LogP contribution >= 0.6 is 0 Å². The van der Waals surface area contributed by atoms with Crippen molar-refractivity contribution in [3.8, 4) is 5.69 Å². The molecule has 0 saturated heterocycles. The third kappa shape index (κ3) is 2.97. The van der Waals surface area contributed by atoms with Gasteiger partial charge in [-0.05, 0) is 43.0 Å². The van der Waals surface area contributed by atoms with Gasteiger partial charge in [0.1, 0.15) is 17.7 Å². The second-order valence-electron chi connectivity index (χ2n) is 7.97. The van der Waals surface area contributed by atoms with Crippen LogP contribution < -0.4 is 16.6 Å². The average Bonchev–Trinajstić information content (AvgIpc) is 3.53. The molecule has 0 spiro atoms. The van der Waals surface area contributed by atoms with E-state index in [1.54, 1.807) is 17.0 Å². The Morgan fingerprint density at radius 2 is 1.91 bits per heavy atom. The van der Waals surface area contributed by atoms with Crippen LogP contribution in [-0.4, -0.2) is 29.5 Å². The fraction of sp³-hybridized carbons (Fsp3) is 0.174. The number of aromatic nitrogens is 6. The van der Waals surface area contributed by atoms with E-state index in [4.69, 9.17) is 10.7 Å². The van der Waals surface area contributed by atoms with Crippen molar-refractivity contribution >= 4 is 33.6 Å². The van der Waals surface area contributed by atoms with Gasteiger partial charge in [0.25, 0.3) is 5.56 Å². The van der Waals surface area contributed by atoms with Gasteiger partial charge in [0, 0.05) is 5.69 Å². The van der Waals surface area contributed by atoms with E-state index >= 15 is 0 Å². The highest BCUT2D eigenvalue weighted by Crippen LogP contribution is 2.43. The number of hydrogen-bond donors (Lipinski definition) is 3. The molecule has 9 heteroatoms. The molecule has 5 aromatic rings. The molecule has 1 aliphatic carbocycles. The zero-order valence-corrected chi connectivity index (χ0v) is 17.1. The normalized spacial score (nSPS) is 14.6. The summed E-state index contributed by atoms with van der Waals surface area (Å²) in [5.41, 5.74) is 9.04. The van der Waals surface area contributed by atoms with Crippen LogP contribution in [0.3, 0.4) is 0 Å². The van der Waals surface area contributed by atoms with Crippen LogP contribution in [0.4, 0.5) is 11.5 Å². The van der Waals surface area contributed by atoms with Gasteiger partial charge < -0.3 is 16.0 Å². The highest BCUT2D eigenvalue weighted by atomic mass is 16.1. The monoisotopic (exact) mass is 424 g/mol. The third-order valence-corrected chi connectivity index (χ3v) is 5.86. The smallest absolute Gasteiger partial charge is 0.268 e. The Bertz CT molecular complexity index is 1500. The van der Waals surface area contributed by atoms with Crippen molar-refractivity contribution in [3.63, 3.8) is 0 Å². The maximum Gasteiger partial charge on any atom is 0.268 e. The zero-order chi connectivity index (χ0) is 21.7. The van der Waals surface area contributed by atoms with Gasteiger partial charge >= 0.3 is 0 Å². The van der Waals surface area contributed by atoms with Crippen molar-refractivity contribution in [1.29, 1.82) is 0 Å². The second kappa shape index (κ2) is 7.16. The summed E-state index contributed by atoms with van der Waals surface area (Å²) >= 11 is 0. The molecule has 32 heavy (non-hydrogen) atoms. The van der Waals surface area contributed by atoms with Crippen molar-refractivity contribution in [1.82, 2.24) is 29.5 Å². The summed E-state index contributed by atoms with van der Waals surface area (Å²) in [6, 6.07) is 14.7. The number of fused-ring (bicyclic) bond motifs is 2. The van der Waals surface area contributed by atoms with E-state index < -0.39 is 0 Å². The molecule has 0 radical (unpaired) electrons. The van der Waals surface area contributed by atoms with Crippen molar-refractivity contribution in [3.05, 3.63) is 77.4 Å². The standard InChI is InChI=1S/C23H20N8O/c24-15-7-4-8-16-17(15)23(32)31(14-5-2-1-3-6-14)22(29-16)18(13-9-10-13)30-21-19-20(26-11-25-19)27-12-28-21/h1-8,11-13,18H,9-10,24H2,(H2,25,26,27,28,30)/t18-/m0/s1. The molecule has 1 atom stereocenters. The Balaban J connectivity index is 1.59. The lowest BCUT2D eigenvalue weighted by atomic mass is 10.1. The summed E-state index contributed by atoms with van der Waals surface area (Å²) in [6.07, 6.45) is 5.14. The molecule has 3 aromatic heterocycles. The lowest BCUT2D eigenvalue weighted by molar-refractivity contribution is 0.609. The van der Waals surface area contributed by atoms with Gasteiger partial charge in [-0.1, -0.05) is 24.3 Å². The average molecular weight is 424 g/mol. The van der Waals surface area contributed by atoms with Gasteiger partial charge in [-0.25, -0.2) is 19.9 Å². The highest BCUT2D eigenvalue weighted by Gasteiger charge is 2.36. The molecule has 0 amide bonds. The van der Waals surface area contributed by atoms with E-state index in [2.05, 4.69) is 25.3 Å². The SMILES string of the molecule is Nc1cccc2nc([C@@H](Nc3ncnc4nc[nH]c34)C3CC3)n(-c3ccccc3)c(=O)c12. The van der Waals surface area contributed by atoms with E-state index in [1.165, 1.54) is 6.33 Å². The Morgan fingerprint density at radius 3 is 2.72 bits per heavy atom. The number of hydrogen-bond acceptors (Lipinski definition) is 7.